The standard InChI is InChI=1S/C16H24N2O2/c1-4-6-7-14(5-2)17-18-16(19)12-13-8-10-15(20-3)11-9-13/h8-11H,4-7,12H2,1-3H3,(H,18,19)/b17-14+. The molecule has 4 nitrogen and oxygen atoms in total. The van der Waals surface area contributed by atoms with E-state index in [1.165, 1.54) is 0 Å². The number of hydrogen-bond donors (Lipinski definition) is 1. The van der Waals surface area contributed by atoms with Gasteiger partial charge in [0, 0.05) is 5.71 Å². The first-order valence-corrected chi connectivity index (χ1v) is 7.16. The number of methoxy groups -OCH3 is 1. The highest BCUT2D eigenvalue weighted by Crippen LogP contribution is 2.11. The maximum absolute atomic E-state index is 11.8. The van der Waals surface area contributed by atoms with Gasteiger partial charge in [0.15, 0.2) is 0 Å². The van der Waals surface area contributed by atoms with Crippen molar-refractivity contribution in [2.75, 3.05) is 7.11 Å². The molecule has 0 aliphatic rings. The van der Waals surface area contributed by atoms with Crippen molar-refractivity contribution in [3.63, 3.8) is 0 Å². The zero-order valence-corrected chi connectivity index (χ0v) is 12.6. The van der Waals surface area contributed by atoms with E-state index in [1.54, 1.807) is 7.11 Å². The Bertz CT molecular complexity index is 438. The molecule has 0 saturated heterocycles. The molecule has 0 bridgehead atoms. The van der Waals surface area contributed by atoms with Gasteiger partial charge in [0.05, 0.1) is 13.5 Å². The van der Waals surface area contributed by atoms with Crippen molar-refractivity contribution in [1.29, 1.82) is 0 Å². The number of carbonyl (C=O) groups is 1. The predicted octanol–water partition coefficient (Wildman–Crippen LogP) is 3.31. The summed E-state index contributed by atoms with van der Waals surface area (Å²) in [5.74, 6) is 0.706. The highest BCUT2D eigenvalue weighted by atomic mass is 16.5. The van der Waals surface area contributed by atoms with Crippen molar-refractivity contribution in [2.24, 2.45) is 5.10 Å². The summed E-state index contributed by atoms with van der Waals surface area (Å²) in [4.78, 5) is 11.8. The van der Waals surface area contributed by atoms with Gasteiger partial charge in [-0.2, -0.15) is 5.10 Å². The van der Waals surface area contributed by atoms with Gasteiger partial charge in [0.25, 0.3) is 0 Å². The van der Waals surface area contributed by atoms with E-state index in [2.05, 4.69) is 24.4 Å². The lowest BCUT2D eigenvalue weighted by atomic mass is 10.1. The average Bonchev–Trinajstić information content (AvgIpc) is 2.48. The molecule has 0 atom stereocenters. The summed E-state index contributed by atoms with van der Waals surface area (Å²) in [5, 5.41) is 4.20. The molecular weight excluding hydrogens is 252 g/mol. The number of benzene rings is 1. The smallest absolute Gasteiger partial charge is 0.244 e. The van der Waals surface area contributed by atoms with Crippen molar-refractivity contribution in [3.8, 4) is 5.75 Å². The number of carbonyl (C=O) groups excluding carboxylic acids is 1. The molecule has 1 aromatic carbocycles. The van der Waals surface area contributed by atoms with Crippen molar-refractivity contribution in [2.45, 2.75) is 46.0 Å². The molecule has 4 heteroatoms. The van der Waals surface area contributed by atoms with E-state index in [0.29, 0.717) is 6.42 Å². The maximum Gasteiger partial charge on any atom is 0.244 e. The molecule has 0 aromatic heterocycles. The zero-order valence-electron chi connectivity index (χ0n) is 12.6. The minimum absolute atomic E-state index is 0.0855. The van der Waals surface area contributed by atoms with Crippen LogP contribution in [0, 0.1) is 0 Å². The molecule has 0 heterocycles. The first-order valence-electron chi connectivity index (χ1n) is 7.16. The Morgan fingerprint density at radius 2 is 1.95 bits per heavy atom. The van der Waals surface area contributed by atoms with E-state index in [1.807, 2.05) is 24.3 Å². The Kier molecular flexibility index (Phi) is 7.40. The number of nitrogens with zero attached hydrogens (tertiary/aromatic N) is 1. The van der Waals surface area contributed by atoms with Gasteiger partial charge in [-0.3, -0.25) is 4.79 Å². The third kappa shape index (κ3) is 5.87. The SMILES string of the molecule is CCCC/C(CC)=N/NC(=O)Cc1ccc(OC)cc1. The molecule has 1 amide bonds. The first-order chi connectivity index (χ1) is 9.69. The van der Waals surface area contributed by atoms with Gasteiger partial charge in [-0.1, -0.05) is 32.4 Å². The molecule has 0 aliphatic carbocycles. The van der Waals surface area contributed by atoms with Crippen LogP contribution in [-0.2, 0) is 11.2 Å². The van der Waals surface area contributed by atoms with Crippen LogP contribution in [0.25, 0.3) is 0 Å². The summed E-state index contributed by atoms with van der Waals surface area (Å²) < 4.78 is 5.08. The summed E-state index contributed by atoms with van der Waals surface area (Å²) in [6, 6.07) is 7.48. The lowest BCUT2D eigenvalue weighted by Crippen LogP contribution is -2.21. The third-order valence-corrected chi connectivity index (χ3v) is 3.09. The van der Waals surface area contributed by atoms with Gasteiger partial charge < -0.3 is 4.74 Å². The number of amides is 1. The van der Waals surface area contributed by atoms with E-state index in [0.717, 1.165) is 42.7 Å². The van der Waals surface area contributed by atoms with E-state index in [4.69, 9.17) is 4.74 Å². The van der Waals surface area contributed by atoms with Crippen LogP contribution < -0.4 is 10.2 Å². The van der Waals surface area contributed by atoms with Crippen LogP contribution in [0.1, 0.15) is 45.1 Å². The van der Waals surface area contributed by atoms with Gasteiger partial charge in [-0.05, 0) is 37.0 Å². The second-order valence-electron chi connectivity index (χ2n) is 4.69. The Morgan fingerprint density at radius 1 is 1.25 bits per heavy atom. The van der Waals surface area contributed by atoms with Crippen molar-refractivity contribution in [3.05, 3.63) is 29.8 Å². The van der Waals surface area contributed by atoms with E-state index >= 15 is 0 Å². The Hall–Kier alpha value is -1.84. The molecule has 0 fully saturated rings. The number of ether oxygens (including phenoxy) is 1. The molecule has 1 aromatic rings. The van der Waals surface area contributed by atoms with E-state index in [9.17, 15) is 4.79 Å². The summed E-state index contributed by atoms with van der Waals surface area (Å²) in [6.07, 6.45) is 4.41. The van der Waals surface area contributed by atoms with Gasteiger partial charge in [-0.25, -0.2) is 5.43 Å². The lowest BCUT2D eigenvalue weighted by Gasteiger charge is -2.05. The summed E-state index contributed by atoms with van der Waals surface area (Å²) in [6.45, 7) is 4.21. The highest BCUT2D eigenvalue weighted by Gasteiger charge is 2.03. The number of hydrazone groups is 1. The van der Waals surface area contributed by atoms with Crippen LogP contribution in [0.4, 0.5) is 0 Å². The highest BCUT2D eigenvalue weighted by molar-refractivity contribution is 5.86. The molecule has 0 unspecified atom stereocenters. The molecule has 1 N–H and O–H groups in total. The topological polar surface area (TPSA) is 50.7 Å². The Balaban J connectivity index is 2.47. The van der Waals surface area contributed by atoms with Gasteiger partial charge >= 0.3 is 0 Å². The predicted molar refractivity (Wildman–Crippen MR) is 82.1 cm³/mol. The Labute approximate surface area is 121 Å². The third-order valence-electron chi connectivity index (χ3n) is 3.09. The van der Waals surface area contributed by atoms with E-state index < -0.39 is 0 Å². The summed E-state index contributed by atoms with van der Waals surface area (Å²) in [7, 11) is 1.62. The monoisotopic (exact) mass is 276 g/mol. The first kappa shape index (κ1) is 16.2. The van der Waals surface area contributed by atoms with Crippen LogP contribution >= 0.6 is 0 Å². The van der Waals surface area contributed by atoms with Crippen molar-refractivity contribution >= 4 is 11.6 Å². The van der Waals surface area contributed by atoms with Crippen LogP contribution in [0.2, 0.25) is 0 Å². The fraction of sp³-hybridized carbons (Fsp3) is 0.500. The molecular formula is C16H24N2O2. The summed E-state index contributed by atoms with van der Waals surface area (Å²) in [5.41, 5.74) is 4.64. The molecule has 110 valence electrons. The fourth-order valence-corrected chi connectivity index (χ4v) is 1.80. The van der Waals surface area contributed by atoms with Gasteiger partial charge in [-0.15, -0.1) is 0 Å². The number of rotatable bonds is 8. The summed E-state index contributed by atoms with van der Waals surface area (Å²) >= 11 is 0. The number of unbranched alkanes of at least 4 members (excludes halogenated alkanes) is 1. The molecule has 1 rings (SSSR count). The molecule has 0 aliphatic heterocycles. The molecule has 0 radical (unpaired) electrons. The fourth-order valence-electron chi connectivity index (χ4n) is 1.80. The van der Waals surface area contributed by atoms with Gasteiger partial charge in [0.2, 0.25) is 5.91 Å². The molecule has 20 heavy (non-hydrogen) atoms. The van der Waals surface area contributed by atoms with E-state index in [-0.39, 0.29) is 5.91 Å². The normalized spacial score (nSPS) is 11.2. The average molecular weight is 276 g/mol. The van der Waals surface area contributed by atoms with Crippen LogP contribution in [0.15, 0.2) is 29.4 Å². The lowest BCUT2D eigenvalue weighted by molar-refractivity contribution is -0.120. The van der Waals surface area contributed by atoms with Crippen LogP contribution in [0.3, 0.4) is 0 Å². The second-order valence-corrected chi connectivity index (χ2v) is 4.69. The minimum atomic E-state index is -0.0855. The molecule has 0 saturated carbocycles. The second kappa shape index (κ2) is 9.13. The van der Waals surface area contributed by atoms with Crippen molar-refractivity contribution in [1.82, 2.24) is 5.43 Å². The number of hydrogen-bond acceptors (Lipinski definition) is 3. The van der Waals surface area contributed by atoms with Gasteiger partial charge in [0.1, 0.15) is 5.75 Å². The zero-order chi connectivity index (χ0) is 14.8. The quantitative estimate of drug-likeness (QED) is 0.585. The molecule has 0 spiro atoms. The Morgan fingerprint density at radius 3 is 2.50 bits per heavy atom. The number of nitrogens with one attached hydrogen (secondary N) is 1. The van der Waals surface area contributed by atoms with Crippen LogP contribution in [0.5, 0.6) is 5.75 Å². The van der Waals surface area contributed by atoms with Crippen LogP contribution in [-0.4, -0.2) is 18.7 Å². The minimum Gasteiger partial charge on any atom is -0.497 e. The maximum atomic E-state index is 11.8. The largest absolute Gasteiger partial charge is 0.497 e. The van der Waals surface area contributed by atoms with Crippen molar-refractivity contribution < 1.29 is 9.53 Å².